The molecule has 1 amide bonds. The molecule has 0 unspecified atom stereocenters. The standard InChI is InChI=1S/C15H18N2O4S/c1-17-9-3-4-14(17)15(18)16-12-5-7-13(8-6-12)21-10-11-22(2,19)20/h3-9H,10-11H2,1-2H3,(H,16,18). The zero-order valence-corrected chi connectivity index (χ0v) is 13.3. The number of nitrogens with one attached hydrogen (secondary N) is 1. The number of hydrogen-bond donors (Lipinski definition) is 1. The van der Waals surface area contributed by atoms with Crippen LogP contribution in [0.1, 0.15) is 10.5 Å². The van der Waals surface area contributed by atoms with E-state index in [0.717, 1.165) is 0 Å². The van der Waals surface area contributed by atoms with Crippen LogP contribution in [-0.2, 0) is 16.9 Å². The maximum Gasteiger partial charge on any atom is 0.272 e. The van der Waals surface area contributed by atoms with Crippen molar-refractivity contribution in [3.05, 3.63) is 48.3 Å². The summed E-state index contributed by atoms with van der Waals surface area (Å²) in [7, 11) is -1.23. The van der Waals surface area contributed by atoms with Gasteiger partial charge >= 0.3 is 0 Å². The third-order valence-electron chi connectivity index (χ3n) is 3.01. The lowest BCUT2D eigenvalue weighted by Gasteiger charge is -2.08. The molecule has 0 aliphatic rings. The monoisotopic (exact) mass is 322 g/mol. The van der Waals surface area contributed by atoms with E-state index in [1.165, 1.54) is 6.26 Å². The van der Waals surface area contributed by atoms with Gasteiger partial charge in [0.2, 0.25) is 0 Å². The fourth-order valence-electron chi connectivity index (χ4n) is 1.84. The Balaban J connectivity index is 1.92. The zero-order chi connectivity index (χ0) is 16.2. The molecular weight excluding hydrogens is 304 g/mol. The Morgan fingerprint density at radius 1 is 1.23 bits per heavy atom. The normalized spacial score (nSPS) is 11.2. The van der Waals surface area contributed by atoms with Crippen LogP contribution in [0.25, 0.3) is 0 Å². The summed E-state index contributed by atoms with van der Waals surface area (Å²) in [4.78, 5) is 12.0. The quantitative estimate of drug-likeness (QED) is 0.878. The molecule has 0 saturated carbocycles. The second-order valence-electron chi connectivity index (χ2n) is 4.96. The van der Waals surface area contributed by atoms with Crippen molar-refractivity contribution in [1.82, 2.24) is 4.57 Å². The summed E-state index contributed by atoms with van der Waals surface area (Å²) in [5.74, 6) is 0.331. The predicted molar refractivity (Wildman–Crippen MR) is 85.0 cm³/mol. The van der Waals surface area contributed by atoms with Crippen molar-refractivity contribution in [3.8, 4) is 5.75 Å². The summed E-state index contributed by atoms with van der Waals surface area (Å²) in [5, 5.41) is 2.78. The highest BCUT2D eigenvalue weighted by Gasteiger charge is 2.09. The minimum Gasteiger partial charge on any atom is -0.493 e. The first-order valence-corrected chi connectivity index (χ1v) is 8.74. The van der Waals surface area contributed by atoms with E-state index in [1.54, 1.807) is 54.2 Å². The van der Waals surface area contributed by atoms with E-state index in [0.29, 0.717) is 17.1 Å². The highest BCUT2D eigenvalue weighted by atomic mass is 32.2. The molecule has 6 nitrogen and oxygen atoms in total. The molecule has 0 aliphatic carbocycles. The number of carbonyl (C=O) groups is 1. The van der Waals surface area contributed by atoms with E-state index >= 15 is 0 Å². The van der Waals surface area contributed by atoms with Crippen LogP contribution in [0.4, 0.5) is 5.69 Å². The van der Waals surface area contributed by atoms with Gasteiger partial charge in [0.15, 0.2) is 9.84 Å². The summed E-state index contributed by atoms with van der Waals surface area (Å²) >= 11 is 0. The molecule has 7 heteroatoms. The Kier molecular flexibility index (Phi) is 4.87. The van der Waals surface area contributed by atoms with Crippen LogP contribution in [-0.4, -0.2) is 37.5 Å². The zero-order valence-electron chi connectivity index (χ0n) is 12.4. The molecule has 1 aromatic heterocycles. The molecule has 1 N–H and O–H groups in total. The van der Waals surface area contributed by atoms with Crippen LogP contribution < -0.4 is 10.1 Å². The molecule has 2 aromatic rings. The predicted octanol–water partition coefficient (Wildman–Crippen LogP) is 1.70. The molecular formula is C15H18N2O4S. The number of hydrogen-bond acceptors (Lipinski definition) is 4. The lowest BCUT2D eigenvalue weighted by atomic mass is 10.3. The van der Waals surface area contributed by atoms with Crippen LogP contribution in [0.15, 0.2) is 42.6 Å². The van der Waals surface area contributed by atoms with E-state index in [4.69, 9.17) is 4.74 Å². The van der Waals surface area contributed by atoms with Gasteiger partial charge in [0.25, 0.3) is 5.91 Å². The molecule has 0 bridgehead atoms. The minimum absolute atomic E-state index is 0.0288. The van der Waals surface area contributed by atoms with Crippen molar-refractivity contribution in [3.63, 3.8) is 0 Å². The second-order valence-corrected chi connectivity index (χ2v) is 7.22. The molecule has 1 heterocycles. The Morgan fingerprint density at radius 3 is 2.45 bits per heavy atom. The van der Waals surface area contributed by atoms with Crippen molar-refractivity contribution < 1.29 is 17.9 Å². The molecule has 0 atom stereocenters. The van der Waals surface area contributed by atoms with Gasteiger partial charge in [-0.15, -0.1) is 0 Å². The van der Waals surface area contributed by atoms with Crippen LogP contribution in [0.2, 0.25) is 0 Å². The maximum absolute atomic E-state index is 12.0. The summed E-state index contributed by atoms with van der Waals surface area (Å²) in [6, 6.07) is 10.3. The third-order valence-corrected chi connectivity index (χ3v) is 3.92. The molecule has 0 aliphatic heterocycles. The lowest BCUT2D eigenvalue weighted by molar-refractivity contribution is 0.101. The van der Waals surface area contributed by atoms with E-state index in [1.807, 2.05) is 0 Å². The van der Waals surface area contributed by atoms with Crippen LogP contribution in [0.3, 0.4) is 0 Å². The smallest absolute Gasteiger partial charge is 0.272 e. The Labute approximate surface area is 129 Å². The van der Waals surface area contributed by atoms with Gasteiger partial charge in [-0.2, -0.15) is 0 Å². The van der Waals surface area contributed by atoms with E-state index in [2.05, 4.69) is 5.32 Å². The van der Waals surface area contributed by atoms with Gasteiger partial charge in [-0.25, -0.2) is 8.42 Å². The van der Waals surface area contributed by atoms with Gasteiger partial charge in [0.05, 0.1) is 5.75 Å². The molecule has 0 spiro atoms. The Morgan fingerprint density at radius 2 is 1.91 bits per heavy atom. The van der Waals surface area contributed by atoms with Gasteiger partial charge in [-0.1, -0.05) is 0 Å². The average Bonchev–Trinajstić information content (AvgIpc) is 2.86. The van der Waals surface area contributed by atoms with Crippen molar-refractivity contribution in [2.45, 2.75) is 0 Å². The number of anilines is 1. The Bertz CT molecular complexity index is 748. The number of ether oxygens (including phenoxy) is 1. The SMILES string of the molecule is Cn1cccc1C(=O)Nc1ccc(OCCS(C)(=O)=O)cc1. The lowest BCUT2D eigenvalue weighted by Crippen LogP contribution is -2.15. The van der Waals surface area contributed by atoms with Crippen LogP contribution >= 0.6 is 0 Å². The van der Waals surface area contributed by atoms with Gasteiger partial charge in [0, 0.05) is 25.2 Å². The summed E-state index contributed by atoms with van der Waals surface area (Å²) in [5.41, 5.74) is 1.20. The first kappa shape index (κ1) is 16.1. The fraction of sp³-hybridized carbons (Fsp3) is 0.267. The first-order valence-electron chi connectivity index (χ1n) is 6.68. The molecule has 0 fully saturated rings. The molecule has 0 radical (unpaired) electrons. The second kappa shape index (κ2) is 6.65. The van der Waals surface area contributed by atoms with Gasteiger partial charge in [-0.05, 0) is 36.4 Å². The van der Waals surface area contributed by atoms with Crippen LogP contribution in [0.5, 0.6) is 5.75 Å². The number of amides is 1. The summed E-state index contributed by atoms with van der Waals surface area (Å²) in [6.45, 7) is 0.105. The highest BCUT2D eigenvalue weighted by molar-refractivity contribution is 7.90. The number of aromatic nitrogens is 1. The van der Waals surface area contributed by atoms with E-state index in [-0.39, 0.29) is 18.3 Å². The number of nitrogens with zero attached hydrogens (tertiary/aromatic N) is 1. The molecule has 22 heavy (non-hydrogen) atoms. The van der Waals surface area contributed by atoms with Crippen molar-refractivity contribution >= 4 is 21.4 Å². The molecule has 2 rings (SSSR count). The highest BCUT2D eigenvalue weighted by Crippen LogP contribution is 2.16. The van der Waals surface area contributed by atoms with Gasteiger partial charge in [0.1, 0.15) is 18.1 Å². The first-order chi connectivity index (χ1) is 10.3. The average molecular weight is 322 g/mol. The number of aryl methyl sites for hydroxylation is 1. The van der Waals surface area contributed by atoms with Crippen molar-refractivity contribution in [2.75, 3.05) is 23.9 Å². The summed E-state index contributed by atoms with van der Waals surface area (Å²) in [6.07, 6.45) is 2.96. The van der Waals surface area contributed by atoms with Crippen LogP contribution in [0, 0.1) is 0 Å². The Hall–Kier alpha value is -2.28. The van der Waals surface area contributed by atoms with E-state index in [9.17, 15) is 13.2 Å². The molecule has 0 saturated heterocycles. The van der Waals surface area contributed by atoms with Crippen molar-refractivity contribution in [2.24, 2.45) is 7.05 Å². The number of sulfone groups is 1. The maximum atomic E-state index is 12.0. The molecule has 118 valence electrons. The number of rotatable bonds is 6. The van der Waals surface area contributed by atoms with E-state index < -0.39 is 9.84 Å². The third kappa shape index (κ3) is 4.63. The van der Waals surface area contributed by atoms with Gasteiger partial charge in [-0.3, -0.25) is 4.79 Å². The number of benzene rings is 1. The largest absolute Gasteiger partial charge is 0.493 e. The van der Waals surface area contributed by atoms with Gasteiger partial charge < -0.3 is 14.6 Å². The molecule has 1 aromatic carbocycles. The topological polar surface area (TPSA) is 77.4 Å². The number of carbonyl (C=O) groups excluding carboxylic acids is 1. The van der Waals surface area contributed by atoms with Crippen molar-refractivity contribution in [1.29, 1.82) is 0 Å². The fourth-order valence-corrected chi connectivity index (χ4v) is 2.22. The minimum atomic E-state index is -3.03. The summed E-state index contributed by atoms with van der Waals surface area (Å²) < 4.78 is 29.1.